The van der Waals surface area contributed by atoms with Crippen molar-refractivity contribution in [2.45, 2.75) is 0 Å². The Morgan fingerprint density at radius 3 is 2.34 bits per heavy atom. The zero-order valence-electron chi connectivity index (χ0n) is 16.6. The number of benzene rings is 3. The molecule has 2 amide bonds. The summed E-state index contributed by atoms with van der Waals surface area (Å²) in [6, 6.07) is 22.7. The molecule has 6 nitrogen and oxygen atoms in total. The van der Waals surface area contributed by atoms with Gasteiger partial charge < -0.3 is 15.4 Å². The summed E-state index contributed by atoms with van der Waals surface area (Å²) in [5, 5.41) is 15.4. The van der Waals surface area contributed by atoms with E-state index in [-0.39, 0.29) is 18.1 Å². The van der Waals surface area contributed by atoms with Gasteiger partial charge >= 0.3 is 0 Å². The lowest BCUT2D eigenvalue weighted by molar-refractivity contribution is -0.118. The van der Waals surface area contributed by atoms with Crippen LogP contribution < -0.4 is 15.4 Å². The number of carbonyl (C=O) groups is 2. The molecule has 0 saturated heterocycles. The second kappa shape index (κ2) is 11.3. The molecule has 0 spiro atoms. The summed E-state index contributed by atoms with van der Waals surface area (Å²) < 4.78 is 6.36. The summed E-state index contributed by atoms with van der Waals surface area (Å²) in [4.78, 5) is 24.4. The molecule has 2 N–H and O–H groups in total. The number of ether oxygens (including phenoxy) is 1. The lowest BCUT2D eigenvalue weighted by Gasteiger charge is -2.08. The third-order valence-corrected chi connectivity index (χ3v) is 5.37. The highest BCUT2D eigenvalue weighted by Gasteiger charge is 2.11. The van der Waals surface area contributed by atoms with Crippen molar-refractivity contribution >= 4 is 63.5 Å². The van der Waals surface area contributed by atoms with E-state index in [4.69, 9.17) is 16.3 Å². The fraction of sp³-hybridized carbons (Fsp3) is 0.0417. The van der Waals surface area contributed by atoms with E-state index < -0.39 is 5.91 Å². The summed E-state index contributed by atoms with van der Waals surface area (Å²) in [5.74, 6) is -0.318. The molecule has 0 atom stereocenters. The van der Waals surface area contributed by atoms with E-state index in [9.17, 15) is 14.9 Å². The topological polar surface area (TPSA) is 91.2 Å². The van der Waals surface area contributed by atoms with Gasteiger partial charge in [0.1, 0.15) is 17.4 Å². The van der Waals surface area contributed by atoms with Crippen LogP contribution in [0.1, 0.15) is 5.56 Å². The average Bonchev–Trinajstić information content (AvgIpc) is 2.80. The number of anilines is 2. The van der Waals surface area contributed by atoms with E-state index in [0.29, 0.717) is 27.7 Å². The quantitative estimate of drug-likeness (QED) is 0.228. The maximum Gasteiger partial charge on any atom is 0.266 e. The predicted molar refractivity (Wildman–Crippen MR) is 133 cm³/mol. The van der Waals surface area contributed by atoms with Gasteiger partial charge in [0.25, 0.3) is 11.8 Å². The number of nitrogens with one attached hydrogen (secondary N) is 2. The van der Waals surface area contributed by atoms with Gasteiger partial charge in [-0.05, 0) is 82.8 Å². The van der Waals surface area contributed by atoms with Gasteiger partial charge in [0.15, 0.2) is 6.61 Å². The van der Waals surface area contributed by atoms with Crippen molar-refractivity contribution in [2.24, 2.45) is 0 Å². The molecule has 0 aliphatic rings. The van der Waals surface area contributed by atoms with E-state index >= 15 is 0 Å². The molecule has 8 heteroatoms. The minimum atomic E-state index is -0.490. The van der Waals surface area contributed by atoms with Gasteiger partial charge in [-0.2, -0.15) is 5.26 Å². The summed E-state index contributed by atoms with van der Waals surface area (Å²) >= 11 is 7.93. The molecule has 0 aliphatic heterocycles. The van der Waals surface area contributed by atoms with E-state index in [1.807, 2.05) is 24.3 Å². The number of hydrogen-bond donors (Lipinski definition) is 2. The molecule has 3 aromatic rings. The van der Waals surface area contributed by atoms with Crippen molar-refractivity contribution in [3.63, 3.8) is 0 Å². The largest absolute Gasteiger partial charge is 0.484 e. The number of rotatable bonds is 7. The monoisotopic (exact) mass is 557 g/mol. The highest BCUT2D eigenvalue weighted by molar-refractivity contribution is 14.1. The van der Waals surface area contributed by atoms with Crippen LogP contribution in [0.3, 0.4) is 0 Å². The molecule has 0 aromatic heterocycles. The van der Waals surface area contributed by atoms with Crippen LogP contribution in [0.25, 0.3) is 6.08 Å². The van der Waals surface area contributed by atoms with Gasteiger partial charge in [-0.25, -0.2) is 0 Å². The van der Waals surface area contributed by atoms with Crippen molar-refractivity contribution in [1.82, 2.24) is 0 Å². The molecular formula is C24H17ClIN3O3. The highest BCUT2D eigenvalue weighted by atomic mass is 127. The number of carbonyl (C=O) groups excluding carboxylic acids is 2. The van der Waals surface area contributed by atoms with Crippen LogP contribution in [0.4, 0.5) is 11.4 Å². The lowest BCUT2D eigenvalue weighted by Crippen LogP contribution is -2.20. The van der Waals surface area contributed by atoms with E-state index in [1.165, 1.54) is 6.08 Å². The number of amides is 2. The SMILES string of the molecule is N#C/C(=C/c1ccc(OCC(=O)Nc2ccc(Cl)cc2)cc1)C(=O)Nc1ccccc1I. The summed E-state index contributed by atoms with van der Waals surface area (Å²) in [6.45, 7) is -0.167. The fourth-order valence-electron chi connectivity index (χ4n) is 2.61. The van der Waals surface area contributed by atoms with Crippen LogP contribution in [0, 0.1) is 14.9 Å². The van der Waals surface area contributed by atoms with Gasteiger partial charge in [-0.3, -0.25) is 9.59 Å². The van der Waals surface area contributed by atoms with Crippen LogP contribution in [0.15, 0.2) is 78.4 Å². The highest BCUT2D eigenvalue weighted by Crippen LogP contribution is 2.19. The molecule has 32 heavy (non-hydrogen) atoms. The lowest BCUT2D eigenvalue weighted by atomic mass is 10.1. The smallest absolute Gasteiger partial charge is 0.266 e. The number of nitriles is 1. The van der Waals surface area contributed by atoms with Crippen LogP contribution in [0.2, 0.25) is 5.02 Å². The first-order valence-electron chi connectivity index (χ1n) is 9.40. The van der Waals surface area contributed by atoms with Crippen molar-refractivity contribution in [3.05, 3.63) is 92.5 Å². The van der Waals surface area contributed by atoms with Crippen molar-refractivity contribution in [2.75, 3.05) is 17.2 Å². The molecule has 0 saturated carbocycles. The molecule has 0 radical (unpaired) electrons. The Morgan fingerprint density at radius 2 is 1.69 bits per heavy atom. The summed E-state index contributed by atoms with van der Waals surface area (Å²) in [5.41, 5.74) is 1.88. The van der Waals surface area contributed by atoms with E-state index in [0.717, 1.165) is 3.57 Å². The van der Waals surface area contributed by atoms with E-state index in [2.05, 4.69) is 33.2 Å². The number of nitrogens with zero attached hydrogens (tertiary/aromatic N) is 1. The molecule has 0 aliphatic carbocycles. The molecule has 160 valence electrons. The molecule has 0 heterocycles. The molecule has 0 unspecified atom stereocenters. The minimum Gasteiger partial charge on any atom is -0.484 e. The Labute approximate surface area is 204 Å². The first-order valence-corrected chi connectivity index (χ1v) is 10.9. The number of halogens is 2. The predicted octanol–water partition coefficient (Wildman–Crippen LogP) is 5.51. The van der Waals surface area contributed by atoms with Gasteiger partial charge in [0.05, 0.1) is 5.69 Å². The Hall–Kier alpha value is -3.35. The first kappa shape index (κ1) is 23.3. The average molecular weight is 558 g/mol. The Bertz CT molecular complexity index is 1190. The molecule has 3 aromatic carbocycles. The molecule has 0 fully saturated rings. The first-order chi connectivity index (χ1) is 15.4. The van der Waals surface area contributed by atoms with Gasteiger partial charge in [0, 0.05) is 14.3 Å². The zero-order chi connectivity index (χ0) is 22.9. The summed E-state index contributed by atoms with van der Waals surface area (Å²) in [7, 11) is 0. The molecule has 3 rings (SSSR count). The van der Waals surface area contributed by atoms with Gasteiger partial charge in [-0.15, -0.1) is 0 Å². The zero-order valence-corrected chi connectivity index (χ0v) is 19.6. The number of para-hydroxylation sites is 1. The Kier molecular flexibility index (Phi) is 8.25. The van der Waals surface area contributed by atoms with Crippen LogP contribution >= 0.6 is 34.2 Å². The Morgan fingerprint density at radius 1 is 1.00 bits per heavy atom. The molecular weight excluding hydrogens is 541 g/mol. The van der Waals surface area contributed by atoms with Crippen LogP contribution in [0.5, 0.6) is 5.75 Å². The fourth-order valence-corrected chi connectivity index (χ4v) is 3.26. The van der Waals surface area contributed by atoms with Crippen LogP contribution in [-0.4, -0.2) is 18.4 Å². The third kappa shape index (κ3) is 6.83. The van der Waals surface area contributed by atoms with E-state index in [1.54, 1.807) is 54.6 Å². The second-order valence-corrected chi connectivity index (χ2v) is 8.12. The maximum atomic E-state index is 12.4. The second-order valence-electron chi connectivity index (χ2n) is 6.52. The van der Waals surface area contributed by atoms with Crippen molar-refractivity contribution in [1.29, 1.82) is 5.26 Å². The standard InChI is InChI=1S/C24H17ClIN3O3/c25-18-7-9-19(10-8-18)28-23(30)15-32-20-11-5-16(6-12-20)13-17(14-27)24(31)29-22-4-2-1-3-21(22)26/h1-13H,15H2,(H,28,30)(H,29,31)/b17-13-. The maximum absolute atomic E-state index is 12.4. The number of hydrogen-bond acceptors (Lipinski definition) is 4. The van der Waals surface area contributed by atoms with Crippen molar-refractivity contribution in [3.8, 4) is 11.8 Å². The minimum absolute atomic E-state index is 0.0272. The van der Waals surface area contributed by atoms with Crippen LogP contribution in [-0.2, 0) is 9.59 Å². The molecule has 0 bridgehead atoms. The normalized spacial score (nSPS) is 10.7. The van der Waals surface area contributed by atoms with Gasteiger partial charge in [0.2, 0.25) is 0 Å². The van der Waals surface area contributed by atoms with Crippen molar-refractivity contribution < 1.29 is 14.3 Å². The summed E-state index contributed by atoms with van der Waals surface area (Å²) in [6.07, 6.45) is 1.49. The Balaban J connectivity index is 1.57. The van der Waals surface area contributed by atoms with Gasteiger partial charge in [-0.1, -0.05) is 35.9 Å². The third-order valence-electron chi connectivity index (χ3n) is 4.18.